The lowest BCUT2D eigenvalue weighted by molar-refractivity contribution is -0.133. The quantitative estimate of drug-likeness (QED) is 0.101. The molecule has 1 saturated heterocycles. The lowest BCUT2D eigenvalue weighted by Crippen LogP contribution is -2.53. The Hall–Kier alpha value is -3.10. The lowest BCUT2D eigenvalue weighted by Gasteiger charge is -2.22. The molecule has 0 radical (unpaired) electrons. The molecular weight excluding hydrogens is 544 g/mol. The van der Waals surface area contributed by atoms with E-state index in [-0.39, 0.29) is 31.7 Å². The van der Waals surface area contributed by atoms with Crippen LogP contribution in [0.5, 0.6) is 0 Å². The summed E-state index contributed by atoms with van der Waals surface area (Å²) in [7, 11) is 5.47. The summed E-state index contributed by atoms with van der Waals surface area (Å²) in [6, 6.07) is -2.60. The smallest absolute Gasteiger partial charge is 0.243 e. The highest BCUT2D eigenvalue weighted by Crippen LogP contribution is 2.08. The minimum atomic E-state index is -0.908. The molecule has 42 heavy (non-hydrogen) atoms. The van der Waals surface area contributed by atoms with Gasteiger partial charge in [-0.05, 0) is 98.6 Å². The fourth-order valence-corrected chi connectivity index (χ4v) is 4.55. The van der Waals surface area contributed by atoms with Crippen LogP contribution in [0.3, 0.4) is 0 Å². The number of amides is 5. The molecule has 1 aliphatic heterocycles. The largest absolute Gasteiger partial charge is 0.345 e. The summed E-state index contributed by atoms with van der Waals surface area (Å²) in [6.07, 6.45) is 5.16. The van der Waals surface area contributed by atoms with Crippen molar-refractivity contribution in [2.24, 2.45) is 0 Å². The summed E-state index contributed by atoms with van der Waals surface area (Å²) in [5.74, 6) is -2.88. The second-order valence-corrected chi connectivity index (χ2v) is 10.6. The van der Waals surface area contributed by atoms with Crippen LogP contribution in [-0.2, 0) is 28.8 Å². The van der Waals surface area contributed by atoms with E-state index < -0.39 is 47.7 Å². The zero-order valence-electron chi connectivity index (χ0n) is 25.5. The molecule has 1 aliphatic rings. The predicted molar refractivity (Wildman–Crippen MR) is 159 cm³/mol. The molecule has 0 spiro atoms. The van der Waals surface area contributed by atoms with E-state index in [1.807, 2.05) is 21.1 Å². The standard InChI is InChI=1S/C28H52N8O6/c1-29-15-7-4-10-20-23(37)13-14-24(38)35-21(11-5-8-16-30-2)27(41)33-19-26(40)36-22(12-6-9-17-31-3)28(42)32-18-25(39)34-20/h20-22,29-31H,4-19H2,1-3H3,(H,32,42)(H,33,41)(H,34,39)(H,35,38)(H,36,40)/t20-,21-,22-/m0/s1. The van der Waals surface area contributed by atoms with Gasteiger partial charge in [-0.3, -0.25) is 28.8 Å². The Morgan fingerprint density at radius 1 is 0.524 bits per heavy atom. The van der Waals surface area contributed by atoms with Gasteiger partial charge in [0.2, 0.25) is 29.5 Å². The summed E-state index contributed by atoms with van der Waals surface area (Å²) < 4.78 is 0. The molecule has 1 fully saturated rings. The number of unbranched alkanes of at least 4 members (excludes halogenated alkanes) is 3. The summed E-state index contributed by atoms with van der Waals surface area (Å²) in [5, 5.41) is 22.3. The molecule has 14 nitrogen and oxygen atoms in total. The van der Waals surface area contributed by atoms with E-state index in [2.05, 4.69) is 42.5 Å². The van der Waals surface area contributed by atoms with Crippen LogP contribution in [0.2, 0.25) is 0 Å². The molecule has 0 aromatic carbocycles. The van der Waals surface area contributed by atoms with Crippen LogP contribution in [0.25, 0.3) is 0 Å². The molecular formula is C28H52N8O6. The fourth-order valence-electron chi connectivity index (χ4n) is 4.55. The van der Waals surface area contributed by atoms with Crippen molar-refractivity contribution in [2.75, 3.05) is 53.9 Å². The van der Waals surface area contributed by atoms with Gasteiger partial charge in [0.05, 0.1) is 19.1 Å². The molecule has 0 aliphatic carbocycles. The summed E-state index contributed by atoms with van der Waals surface area (Å²) in [6.45, 7) is 1.50. The van der Waals surface area contributed by atoms with Crippen molar-refractivity contribution in [1.82, 2.24) is 42.5 Å². The van der Waals surface area contributed by atoms with Gasteiger partial charge in [0.1, 0.15) is 12.1 Å². The predicted octanol–water partition coefficient (Wildman–Crippen LogP) is -1.79. The van der Waals surface area contributed by atoms with Crippen LogP contribution >= 0.6 is 0 Å². The van der Waals surface area contributed by atoms with E-state index in [0.717, 1.165) is 38.9 Å². The third-order valence-electron chi connectivity index (χ3n) is 6.98. The van der Waals surface area contributed by atoms with Crippen molar-refractivity contribution in [3.05, 3.63) is 0 Å². The average molecular weight is 597 g/mol. The third kappa shape index (κ3) is 16.4. The van der Waals surface area contributed by atoms with Gasteiger partial charge in [0.15, 0.2) is 5.78 Å². The molecule has 1 heterocycles. The lowest BCUT2D eigenvalue weighted by atomic mass is 10.0. The molecule has 3 atom stereocenters. The number of hydrogen-bond donors (Lipinski definition) is 8. The molecule has 0 aromatic heterocycles. The highest BCUT2D eigenvalue weighted by Gasteiger charge is 2.26. The molecule has 1 rings (SSSR count). The molecule has 8 N–H and O–H groups in total. The number of carbonyl (C=O) groups excluding carboxylic acids is 6. The van der Waals surface area contributed by atoms with Gasteiger partial charge in [0, 0.05) is 12.8 Å². The van der Waals surface area contributed by atoms with Gasteiger partial charge in [0.25, 0.3) is 0 Å². The van der Waals surface area contributed by atoms with Crippen molar-refractivity contribution in [3.8, 4) is 0 Å². The number of carbonyl (C=O) groups is 6. The van der Waals surface area contributed by atoms with E-state index in [1.54, 1.807) is 0 Å². The summed E-state index contributed by atoms with van der Waals surface area (Å²) in [4.78, 5) is 77.1. The Bertz CT molecular complexity index is 762. The van der Waals surface area contributed by atoms with Gasteiger partial charge in [-0.25, -0.2) is 0 Å². The minimum Gasteiger partial charge on any atom is -0.345 e. The van der Waals surface area contributed by atoms with Crippen molar-refractivity contribution < 1.29 is 28.8 Å². The number of hydrogen-bond acceptors (Lipinski definition) is 9. The first-order valence-electron chi connectivity index (χ1n) is 15.1. The highest BCUT2D eigenvalue weighted by molar-refractivity contribution is 5.96. The van der Waals surface area contributed by atoms with Crippen LogP contribution < -0.4 is 42.5 Å². The average Bonchev–Trinajstić information content (AvgIpc) is 2.97. The minimum absolute atomic E-state index is 0.111. The molecule has 5 amide bonds. The molecule has 0 bridgehead atoms. The summed E-state index contributed by atoms with van der Waals surface area (Å²) in [5.41, 5.74) is 0. The Kier molecular flexibility index (Phi) is 19.8. The van der Waals surface area contributed by atoms with Crippen LogP contribution in [0.4, 0.5) is 0 Å². The fraction of sp³-hybridized carbons (Fsp3) is 0.786. The number of rotatable bonds is 15. The van der Waals surface area contributed by atoms with Gasteiger partial charge in [-0.1, -0.05) is 0 Å². The molecule has 0 unspecified atom stereocenters. The van der Waals surface area contributed by atoms with Crippen LogP contribution in [0.1, 0.15) is 70.6 Å². The van der Waals surface area contributed by atoms with E-state index >= 15 is 0 Å². The van der Waals surface area contributed by atoms with E-state index in [4.69, 9.17) is 0 Å². The third-order valence-corrected chi connectivity index (χ3v) is 6.98. The Morgan fingerprint density at radius 2 is 0.905 bits per heavy atom. The van der Waals surface area contributed by atoms with Crippen LogP contribution in [-0.4, -0.2) is 107 Å². The monoisotopic (exact) mass is 596 g/mol. The molecule has 0 saturated carbocycles. The second-order valence-electron chi connectivity index (χ2n) is 10.6. The Morgan fingerprint density at radius 3 is 1.33 bits per heavy atom. The van der Waals surface area contributed by atoms with Crippen molar-refractivity contribution in [2.45, 2.75) is 88.8 Å². The Labute approximate surface area is 249 Å². The summed E-state index contributed by atoms with van der Waals surface area (Å²) >= 11 is 0. The van der Waals surface area contributed by atoms with E-state index in [1.165, 1.54) is 0 Å². The number of Topliss-reactive ketones (excluding diaryl/α,β-unsaturated/α-hetero) is 1. The van der Waals surface area contributed by atoms with Gasteiger partial charge >= 0.3 is 0 Å². The van der Waals surface area contributed by atoms with Crippen molar-refractivity contribution >= 4 is 35.3 Å². The first-order valence-corrected chi connectivity index (χ1v) is 15.1. The topological polar surface area (TPSA) is 199 Å². The zero-order chi connectivity index (χ0) is 31.2. The highest BCUT2D eigenvalue weighted by atomic mass is 16.2. The van der Waals surface area contributed by atoms with Crippen molar-refractivity contribution in [1.29, 1.82) is 0 Å². The maximum atomic E-state index is 13.0. The maximum Gasteiger partial charge on any atom is 0.243 e. The van der Waals surface area contributed by atoms with Gasteiger partial charge < -0.3 is 42.5 Å². The molecule has 0 aromatic rings. The van der Waals surface area contributed by atoms with Crippen LogP contribution in [0.15, 0.2) is 0 Å². The number of ketones is 1. The van der Waals surface area contributed by atoms with Crippen LogP contribution in [0, 0.1) is 0 Å². The van der Waals surface area contributed by atoms with E-state index in [0.29, 0.717) is 38.5 Å². The number of nitrogens with one attached hydrogen (secondary N) is 8. The maximum absolute atomic E-state index is 13.0. The molecule has 14 heteroatoms. The first-order chi connectivity index (χ1) is 20.2. The molecule has 240 valence electrons. The zero-order valence-corrected chi connectivity index (χ0v) is 25.5. The SMILES string of the molecule is CNCCCC[C@@H]1NC(=O)CNC(=O)[C@H](CCCCNC)NC(=O)CNC(=O)[C@H](CCCCNC)NC(=O)CCC1=O. The van der Waals surface area contributed by atoms with E-state index in [9.17, 15) is 28.8 Å². The van der Waals surface area contributed by atoms with Gasteiger partial charge in [-0.2, -0.15) is 0 Å². The van der Waals surface area contributed by atoms with Crippen molar-refractivity contribution in [3.63, 3.8) is 0 Å². The first kappa shape index (κ1) is 36.9. The van der Waals surface area contributed by atoms with Gasteiger partial charge in [-0.15, -0.1) is 0 Å². The normalized spacial score (nSPS) is 21.8. The Balaban J connectivity index is 3.09. The second kappa shape index (κ2) is 22.5.